The highest BCUT2D eigenvalue weighted by Gasteiger charge is 2.50. The fourth-order valence-corrected chi connectivity index (χ4v) is 3.46. The SMILES string of the molecule is C1CCC2(CC1)OC[C@H]([C@H]1OCC3CON=C31)O2. The molecule has 3 atom stereocenters. The van der Waals surface area contributed by atoms with Crippen LogP contribution < -0.4 is 0 Å². The summed E-state index contributed by atoms with van der Waals surface area (Å²) in [6, 6.07) is 0. The summed E-state index contributed by atoms with van der Waals surface area (Å²) in [6.45, 7) is 1.98. The van der Waals surface area contributed by atoms with Crippen molar-refractivity contribution in [3.63, 3.8) is 0 Å². The highest BCUT2D eigenvalue weighted by molar-refractivity contribution is 5.93. The molecule has 0 radical (unpaired) electrons. The van der Waals surface area contributed by atoms with E-state index in [-0.39, 0.29) is 18.0 Å². The van der Waals surface area contributed by atoms with E-state index < -0.39 is 0 Å². The van der Waals surface area contributed by atoms with Crippen LogP contribution in [0.5, 0.6) is 0 Å². The monoisotopic (exact) mass is 253 g/mol. The lowest BCUT2D eigenvalue weighted by Gasteiger charge is -2.32. The van der Waals surface area contributed by atoms with Gasteiger partial charge in [0.05, 0.1) is 24.8 Å². The molecule has 0 aromatic rings. The Morgan fingerprint density at radius 1 is 1.06 bits per heavy atom. The number of hydrogen-bond donors (Lipinski definition) is 0. The molecule has 4 rings (SSSR count). The third kappa shape index (κ3) is 1.68. The van der Waals surface area contributed by atoms with Crippen molar-refractivity contribution in [2.75, 3.05) is 19.8 Å². The molecule has 3 aliphatic heterocycles. The summed E-state index contributed by atoms with van der Waals surface area (Å²) in [5.41, 5.74) is 1.02. The van der Waals surface area contributed by atoms with Gasteiger partial charge in [-0.15, -0.1) is 0 Å². The number of ether oxygens (including phenoxy) is 3. The summed E-state index contributed by atoms with van der Waals surface area (Å²) < 4.78 is 18.0. The summed E-state index contributed by atoms with van der Waals surface area (Å²) in [7, 11) is 0. The maximum atomic E-state index is 6.20. The second-order valence-corrected chi connectivity index (χ2v) is 5.70. The van der Waals surface area contributed by atoms with E-state index in [1.54, 1.807) is 0 Å². The zero-order valence-corrected chi connectivity index (χ0v) is 10.5. The summed E-state index contributed by atoms with van der Waals surface area (Å²) in [5.74, 6) is 0.00574. The van der Waals surface area contributed by atoms with Crippen LogP contribution >= 0.6 is 0 Å². The molecular formula is C13H19NO4. The van der Waals surface area contributed by atoms with Crippen LogP contribution in [0.15, 0.2) is 5.16 Å². The molecule has 100 valence electrons. The van der Waals surface area contributed by atoms with Crippen LogP contribution in [0, 0.1) is 5.92 Å². The van der Waals surface area contributed by atoms with Gasteiger partial charge in [-0.25, -0.2) is 0 Å². The maximum absolute atomic E-state index is 6.20. The second-order valence-electron chi connectivity index (χ2n) is 5.70. The summed E-state index contributed by atoms with van der Waals surface area (Å²) in [5, 5.41) is 4.11. The van der Waals surface area contributed by atoms with E-state index in [1.807, 2.05) is 0 Å². The minimum Gasteiger partial charge on any atom is -0.395 e. The van der Waals surface area contributed by atoms with Gasteiger partial charge in [0.25, 0.3) is 0 Å². The predicted molar refractivity (Wildman–Crippen MR) is 63.3 cm³/mol. The first-order chi connectivity index (χ1) is 8.86. The van der Waals surface area contributed by atoms with Gasteiger partial charge in [-0.1, -0.05) is 11.6 Å². The van der Waals surface area contributed by atoms with E-state index >= 15 is 0 Å². The molecule has 0 N–H and O–H groups in total. The van der Waals surface area contributed by atoms with Crippen molar-refractivity contribution in [1.82, 2.24) is 0 Å². The quantitative estimate of drug-likeness (QED) is 0.710. The molecule has 18 heavy (non-hydrogen) atoms. The van der Waals surface area contributed by atoms with Crippen LogP contribution in [0.25, 0.3) is 0 Å². The van der Waals surface area contributed by atoms with Crippen LogP contribution in [0.4, 0.5) is 0 Å². The molecule has 4 aliphatic rings. The minimum atomic E-state index is -0.329. The van der Waals surface area contributed by atoms with Crippen molar-refractivity contribution in [3.8, 4) is 0 Å². The largest absolute Gasteiger partial charge is 0.395 e. The average Bonchev–Trinajstić information content (AvgIpc) is 3.05. The second kappa shape index (κ2) is 4.18. The first-order valence-corrected chi connectivity index (χ1v) is 6.99. The van der Waals surface area contributed by atoms with E-state index in [0.717, 1.165) is 18.6 Å². The lowest BCUT2D eigenvalue weighted by atomic mass is 9.94. The highest BCUT2D eigenvalue weighted by atomic mass is 16.8. The van der Waals surface area contributed by atoms with Gasteiger partial charge in [-0.2, -0.15) is 0 Å². The Kier molecular flexibility index (Phi) is 2.60. The molecule has 2 saturated heterocycles. The third-order valence-electron chi connectivity index (χ3n) is 4.46. The maximum Gasteiger partial charge on any atom is 0.169 e. The minimum absolute atomic E-state index is 0.00597. The average molecular weight is 253 g/mol. The fourth-order valence-electron chi connectivity index (χ4n) is 3.46. The smallest absolute Gasteiger partial charge is 0.169 e. The van der Waals surface area contributed by atoms with Gasteiger partial charge in [-0.05, 0) is 12.8 Å². The molecule has 0 aromatic heterocycles. The Hall–Kier alpha value is -0.650. The van der Waals surface area contributed by atoms with Gasteiger partial charge < -0.3 is 19.0 Å². The molecule has 0 amide bonds. The van der Waals surface area contributed by atoms with Crippen molar-refractivity contribution >= 4 is 5.71 Å². The van der Waals surface area contributed by atoms with Crippen LogP contribution in [0.3, 0.4) is 0 Å². The van der Waals surface area contributed by atoms with E-state index in [1.165, 1.54) is 19.3 Å². The lowest BCUT2D eigenvalue weighted by molar-refractivity contribution is -0.193. The Balaban J connectivity index is 1.47. The summed E-state index contributed by atoms with van der Waals surface area (Å²) in [4.78, 5) is 5.15. The molecule has 1 aliphatic carbocycles. The molecule has 0 aromatic carbocycles. The first kappa shape index (κ1) is 11.2. The van der Waals surface area contributed by atoms with Crippen LogP contribution in [0.2, 0.25) is 0 Å². The fraction of sp³-hybridized carbons (Fsp3) is 0.923. The normalized spacial score (nSPS) is 41.8. The topological polar surface area (TPSA) is 49.3 Å². The molecule has 5 heteroatoms. The van der Waals surface area contributed by atoms with E-state index in [2.05, 4.69) is 5.16 Å². The predicted octanol–water partition coefficient (Wildman–Crippen LogP) is 1.46. The van der Waals surface area contributed by atoms with Gasteiger partial charge in [-0.3, -0.25) is 0 Å². The number of oxime groups is 1. The number of hydrogen-bond acceptors (Lipinski definition) is 5. The zero-order chi connectivity index (χ0) is 12.0. The Bertz CT molecular complexity index is 364. The third-order valence-corrected chi connectivity index (χ3v) is 4.46. The molecule has 3 heterocycles. The summed E-state index contributed by atoms with van der Waals surface area (Å²) >= 11 is 0. The lowest BCUT2D eigenvalue weighted by Crippen LogP contribution is -2.38. The number of fused-ring (bicyclic) bond motifs is 1. The van der Waals surface area contributed by atoms with Crippen LogP contribution in [-0.4, -0.2) is 43.5 Å². The van der Waals surface area contributed by atoms with Gasteiger partial charge >= 0.3 is 0 Å². The molecule has 0 bridgehead atoms. The molecule has 3 fully saturated rings. The standard InChI is InChI=1S/C13H19NO4/c1-2-4-13(5-3-1)16-8-10(18-13)12-11-9(6-15-12)7-17-14-11/h9-10,12H,1-8H2/t9?,10-,12-/m1/s1. The zero-order valence-electron chi connectivity index (χ0n) is 10.5. The highest BCUT2D eigenvalue weighted by Crippen LogP contribution is 2.40. The van der Waals surface area contributed by atoms with Gasteiger partial charge in [0.2, 0.25) is 0 Å². The first-order valence-electron chi connectivity index (χ1n) is 6.99. The number of nitrogens with zero attached hydrogens (tertiary/aromatic N) is 1. The van der Waals surface area contributed by atoms with Crippen LogP contribution in [0.1, 0.15) is 32.1 Å². The van der Waals surface area contributed by atoms with Gasteiger partial charge in [0.15, 0.2) is 5.79 Å². The van der Waals surface area contributed by atoms with Crippen LogP contribution in [-0.2, 0) is 19.0 Å². The van der Waals surface area contributed by atoms with Crippen molar-refractivity contribution in [3.05, 3.63) is 0 Å². The molecule has 1 spiro atoms. The Morgan fingerprint density at radius 2 is 1.94 bits per heavy atom. The summed E-state index contributed by atoms with van der Waals surface area (Å²) in [6.07, 6.45) is 5.66. The number of rotatable bonds is 1. The Labute approximate surface area is 106 Å². The van der Waals surface area contributed by atoms with E-state index in [9.17, 15) is 0 Å². The van der Waals surface area contributed by atoms with E-state index in [0.29, 0.717) is 25.7 Å². The van der Waals surface area contributed by atoms with Gasteiger partial charge in [0, 0.05) is 12.8 Å². The molecular weight excluding hydrogens is 234 g/mol. The molecule has 1 unspecified atom stereocenters. The van der Waals surface area contributed by atoms with Gasteiger partial charge in [0.1, 0.15) is 18.8 Å². The van der Waals surface area contributed by atoms with Crippen molar-refractivity contribution in [2.24, 2.45) is 11.1 Å². The van der Waals surface area contributed by atoms with Crippen molar-refractivity contribution in [2.45, 2.75) is 50.1 Å². The van der Waals surface area contributed by atoms with E-state index in [4.69, 9.17) is 19.0 Å². The molecule has 1 saturated carbocycles. The molecule has 5 nitrogen and oxygen atoms in total. The Morgan fingerprint density at radius 3 is 2.83 bits per heavy atom. The van der Waals surface area contributed by atoms with Crippen molar-refractivity contribution < 1.29 is 19.0 Å². The van der Waals surface area contributed by atoms with Crippen molar-refractivity contribution in [1.29, 1.82) is 0 Å².